The van der Waals surface area contributed by atoms with E-state index in [9.17, 15) is 54.6 Å². The van der Waals surface area contributed by atoms with E-state index < -0.39 is 57.8 Å². The smallest absolute Gasteiger partial charge is 0.343 e. The van der Waals surface area contributed by atoms with E-state index in [1.54, 1.807) is 33.8 Å². The zero-order valence-electron chi connectivity index (χ0n) is 30.4. The molecule has 5 rings (SSSR count). The van der Waals surface area contributed by atoms with Gasteiger partial charge in [0.05, 0.1) is 21.8 Å². The van der Waals surface area contributed by atoms with Gasteiger partial charge in [0.15, 0.2) is 12.3 Å². The molecule has 3 aromatic carbocycles. The molecule has 18 heteroatoms. The third-order valence-corrected chi connectivity index (χ3v) is 13.0. The summed E-state index contributed by atoms with van der Waals surface area (Å²) in [5.41, 5.74) is 3.28. The summed E-state index contributed by atoms with van der Waals surface area (Å²) in [4.78, 5) is 41.1. The summed E-state index contributed by atoms with van der Waals surface area (Å²) >= 11 is 0. The van der Waals surface area contributed by atoms with Crippen molar-refractivity contribution in [1.29, 1.82) is 0 Å². The third-order valence-electron chi connectivity index (χ3n) is 9.74. The van der Waals surface area contributed by atoms with Crippen molar-refractivity contribution in [3.8, 4) is 0 Å². The molecule has 6 N–H and O–H groups in total. The minimum absolute atomic E-state index is 0.130. The number of hydrogen-bond donors (Lipinski definition) is 6. The van der Waals surface area contributed by atoms with Gasteiger partial charge in [0.1, 0.15) is 5.75 Å². The van der Waals surface area contributed by atoms with Crippen molar-refractivity contribution in [3.05, 3.63) is 126 Å². The van der Waals surface area contributed by atoms with Crippen molar-refractivity contribution >= 4 is 68.7 Å². The summed E-state index contributed by atoms with van der Waals surface area (Å²) < 4.78 is 92.1. The van der Waals surface area contributed by atoms with Crippen molar-refractivity contribution < 1.29 is 59.2 Å². The number of nitrogens with zero attached hydrogens (tertiary/aromatic N) is 2. The predicted molar refractivity (Wildman–Crippen MR) is 213 cm³/mol. The lowest BCUT2D eigenvalue weighted by atomic mass is 9.81. The van der Waals surface area contributed by atoms with Crippen LogP contribution in [0.15, 0.2) is 109 Å². The number of hydrogen-bond acceptors (Lipinski definition) is 7. The van der Waals surface area contributed by atoms with Crippen LogP contribution in [-0.4, -0.2) is 80.4 Å². The molecule has 0 amide bonds. The van der Waals surface area contributed by atoms with Gasteiger partial charge in [-0.05, 0) is 67.0 Å². The van der Waals surface area contributed by atoms with Crippen LogP contribution in [0.4, 0.5) is 11.4 Å². The molecule has 0 bridgehead atoms. The summed E-state index contributed by atoms with van der Waals surface area (Å²) in [6.45, 7) is 7.11. The standard InChI is InChI=1S/C37H42N2O12P2S2/c1-36(2)30-24-28(52(40,41)42)16-18-32(30)38(20-22-54(46,47)48)34(36)14-8-12-27(26-10-6-5-7-11-26)13-9-15-35-37(3,4)31-25-29(53(43,44)45)17-19-33(31)39(35)21-23-55(49,50)51/h5-19,24-25H,20-23H2,1-4H3,(H5-,40,41,42,43,44,45,46,47,48,49,50,51)/p+1. The first kappa shape index (κ1) is 42.4. The Bertz CT molecular complexity index is 2490. The molecule has 0 atom stereocenters. The highest BCUT2D eigenvalue weighted by molar-refractivity contribution is 7.86. The Labute approximate surface area is 320 Å². The second kappa shape index (κ2) is 15.3. The maximum atomic E-state index is 12.1. The van der Waals surface area contributed by atoms with Gasteiger partial charge in [-0.3, -0.25) is 18.2 Å². The van der Waals surface area contributed by atoms with Crippen LogP contribution in [0.1, 0.15) is 44.4 Å². The van der Waals surface area contributed by atoms with Crippen LogP contribution in [0.5, 0.6) is 0 Å². The molecule has 2 heterocycles. The molecular weight excluding hydrogens is 790 g/mol. The van der Waals surface area contributed by atoms with Crippen LogP contribution in [0, 0.1) is 0 Å². The monoisotopic (exact) mass is 833 g/mol. The Morgan fingerprint density at radius 3 is 1.93 bits per heavy atom. The molecule has 3 aromatic rings. The normalized spacial score (nSPS) is 18.2. The molecule has 0 saturated carbocycles. The maximum Gasteiger partial charge on any atom is 0.356 e. The van der Waals surface area contributed by atoms with Crippen LogP contribution >= 0.6 is 15.2 Å². The molecule has 14 nitrogen and oxygen atoms in total. The Morgan fingerprint density at radius 2 is 1.35 bits per heavy atom. The molecule has 55 heavy (non-hydrogen) atoms. The summed E-state index contributed by atoms with van der Waals surface area (Å²) in [5.74, 6) is -1.19. The Morgan fingerprint density at radius 1 is 0.764 bits per heavy atom. The molecule has 0 spiro atoms. The van der Waals surface area contributed by atoms with E-state index in [2.05, 4.69) is 0 Å². The lowest BCUT2D eigenvalue weighted by Crippen LogP contribution is -2.30. The fourth-order valence-corrected chi connectivity index (χ4v) is 8.91. The molecular formula is C37H43N2O12P2S2+. The van der Waals surface area contributed by atoms with E-state index in [1.165, 1.54) is 36.4 Å². The van der Waals surface area contributed by atoms with Crippen molar-refractivity contribution in [2.24, 2.45) is 0 Å². The van der Waals surface area contributed by atoms with E-state index in [1.807, 2.05) is 70.2 Å². The average Bonchev–Trinajstić information content (AvgIpc) is 3.42. The largest absolute Gasteiger partial charge is 0.356 e. The lowest BCUT2D eigenvalue weighted by Gasteiger charge is -2.26. The molecule has 0 radical (unpaired) electrons. The molecule has 0 unspecified atom stereocenters. The summed E-state index contributed by atoms with van der Waals surface area (Å²) in [7, 11) is -17.9. The summed E-state index contributed by atoms with van der Waals surface area (Å²) in [6.07, 6.45) is 10.7. The molecule has 0 aromatic heterocycles. The van der Waals surface area contributed by atoms with Gasteiger partial charge in [0.2, 0.25) is 5.69 Å². The Hall–Kier alpha value is -3.79. The van der Waals surface area contributed by atoms with Gasteiger partial charge in [0, 0.05) is 41.1 Å². The number of fused-ring (bicyclic) bond motifs is 2. The van der Waals surface area contributed by atoms with Gasteiger partial charge in [-0.15, -0.1) is 0 Å². The highest BCUT2D eigenvalue weighted by Gasteiger charge is 2.45. The quantitative estimate of drug-likeness (QED) is 0.0611. The minimum Gasteiger partial charge on any atom is -0.343 e. The maximum absolute atomic E-state index is 12.1. The fourth-order valence-electron chi connectivity index (χ4n) is 6.95. The number of anilines is 1. The van der Waals surface area contributed by atoms with Gasteiger partial charge >= 0.3 is 15.2 Å². The second-order valence-electron chi connectivity index (χ2n) is 14.3. The summed E-state index contributed by atoms with van der Waals surface area (Å²) in [5, 5.41) is -0.366. The molecule has 2 aliphatic rings. The van der Waals surface area contributed by atoms with Crippen LogP contribution in [0.2, 0.25) is 0 Å². The van der Waals surface area contributed by atoms with Crippen LogP contribution in [-0.2, 0) is 40.2 Å². The molecule has 0 aliphatic carbocycles. The van der Waals surface area contributed by atoms with Gasteiger partial charge in [-0.25, -0.2) is 0 Å². The lowest BCUT2D eigenvalue weighted by molar-refractivity contribution is -0.432. The van der Waals surface area contributed by atoms with E-state index >= 15 is 0 Å². The van der Waals surface area contributed by atoms with Crippen molar-refractivity contribution in [1.82, 2.24) is 0 Å². The van der Waals surface area contributed by atoms with Crippen molar-refractivity contribution in [2.75, 3.05) is 29.5 Å². The number of rotatable bonds is 13. The van der Waals surface area contributed by atoms with Crippen molar-refractivity contribution in [3.63, 3.8) is 0 Å². The average molecular weight is 834 g/mol. The van der Waals surface area contributed by atoms with Gasteiger partial charge in [-0.1, -0.05) is 68.5 Å². The van der Waals surface area contributed by atoms with Gasteiger partial charge < -0.3 is 24.5 Å². The van der Waals surface area contributed by atoms with Gasteiger partial charge in [0.25, 0.3) is 20.2 Å². The third kappa shape index (κ3) is 9.61. The summed E-state index contributed by atoms with van der Waals surface area (Å²) in [6, 6.07) is 17.8. The van der Waals surface area contributed by atoms with Crippen molar-refractivity contribution in [2.45, 2.75) is 38.5 Å². The van der Waals surface area contributed by atoms with Gasteiger partial charge in [-0.2, -0.15) is 21.4 Å². The zero-order valence-corrected chi connectivity index (χ0v) is 33.8. The SMILES string of the molecule is CC1(C)C(/C=C/C=C(/C=C/C=C2/N(CCS(=O)(=O)O)c3ccc(P(=O)(O)O)cc3C2(C)C)c2ccccc2)=[N+](CCS(=O)(=O)O)c2ccc(P(=O)(O)O)cc21. The number of allylic oxidation sites excluding steroid dienone is 8. The van der Waals surface area contributed by atoms with E-state index in [0.717, 1.165) is 11.1 Å². The topological polar surface area (TPSA) is 230 Å². The molecule has 2 aliphatic heterocycles. The molecule has 294 valence electrons. The van der Waals surface area contributed by atoms with Crippen LogP contribution in [0.25, 0.3) is 5.57 Å². The molecule has 0 fully saturated rings. The fraction of sp³-hybridized carbons (Fsp3) is 0.270. The van der Waals surface area contributed by atoms with Crippen LogP contribution in [0.3, 0.4) is 0 Å². The highest BCUT2D eigenvalue weighted by atomic mass is 32.2. The first-order valence-corrected chi connectivity index (χ1v) is 23.3. The molecule has 0 saturated heterocycles. The van der Waals surface area contributed by atoms with E-state index in [0.29, 0.717) is 33.9 Å². The van der Waals surface area contributed by atoms with E-state index in [-0.39, 0.29) is 23.7 Å². The Kier molecular flexibility index (Phi) is 11.8. The number of benzene rings is 3. The zero-order chi connectivity index (χ0) is 40.8. The van der Waals surface area contributed by atoms with E-state index in [4.69, 9.17) is 0 Å². The minimum atomic E-state index is -4.60. The van der Waals surface area contributed by atoms with Crippen LogP contribution < -0.4 is 15.5 Å². The predicted octanol–water partition coefficient (Wildman–Crippen LogP) is 4.32. The highest BCUT2D eigenvalue weighted by Crippen LogP contribution is 2.49. The second-order valence-corrected chi connectivity index (χ2v) is 20.6. The Balaban J connectivity index is 1.58. The first-order chi connectivity index (χ1) is 25.3. The first-order valence-electron chi connectivity index (χ1n) is 16.9.